The molecule has 0 aliphatic carbocycles. The minimum atomic E-state index is -0.317. The second-order valence-electron chi connectivity index (χ2n) is 7.37. The van der Waals surface area contributed by atoms with Crippen LogP contribution in [-0.4, -0.2) is 59.3 Å². The number of aliphatic hydroxyl groups is 1. The van der Waals surface area contributed by atoms with Crippen LogP contribution < -0.4 is 10.2 Å². The van der Waals surface area contributed by atoms with Gasteiger partial charge in [0, 0.05) is 37.1 Å². The van der Waals surface area contributed by atoms with Crippen LogP contribution >= 0.6 is 0 Å². The first-order valence-electron chi connectivity index (χ1n) is 9.20. The predicted molar refractivity (Wildman–Crippen MR) is 106 cm³/mol. The van der Waals surface area contributed by atoms with Gasteiger partial charge in [-0.25, -0.2) is 9.97 Å². The summed E-state index contributed by atoms with van der Waals surface area (Å²) in [4.78, 5) is 13.1. The van der Waals surface area contributed by atoms with E-state index < -0.39 is 0 Å². The number of aliphatic hydroxyl groups excluding tert-OH is 1. The largest absolute Gasteiger partial charge is 0.464 e. The number of likely N-dealkylation sites (N-methyl/N-ethyl adjacent to an activating group) is 1. The molecule has 2 aromatic heterocycles. The lowest BCUT2D eigenvalue weighted by molar-refractivity contribution is 0.191. The van der Waals surface area contributed by atoms with Gasteiger partial charge in [0.15, 0.2) is 0 Å². The summed E-state index contributed by atoms with van der Waals surface area (Å²) in [6, 6.07) is 10.3. The van der Waals surface area contributed by atoms with Crippen molar-refractivity contribution in [1.29, 1.82) is 0 Å². The van der Waals surface area contributed by atoms with Gasteiger partial charge in [0.1, 0.15) is 23.5 Å². The Morgan fingerprint density at radius 1 is 1.26 bits per heavy atom. The quantitative estimate of drug-likeness (QED) is 0.692. The van der Waals surface area contributed by atoms with Crippen LogP contribution in [0.15, 0.2) is 47.3 Å². The summed E-state index contributed by atoms with van der Waals surface area (Å²) in [6.07, 6.45) is 3.72. The molecule has 2 N–H and O–H groups in total. The number of furan rings is 1. The first-order chi connectivity index (χ1) is 13.1. The molecule has 0 amide bonds. The van der Waals surface area contributed by atoms with Crippen molar-refractivity contribution in [2.75, 3.05) is 37.4 Å². The number of hydrogen-bond acceptors (Lipinski definition) is 7. The Balaban J connectivity index is 1.46. The van der Waals surface area contributed by atoms with Crippen molar-refractivity contribution in [2.24, 2.45) is 0 Å². The van der Waals surface area contributed by atoms with E-state index in [2.05, 4.69) is 31.2 Å². The van der Waals surface area contributed by atoms with Crippen LogP contribution in [0.1, 0.15) is 12.0 Å². The van der Waals surface area contributed by atoms with Crippen molar-refractivity contribution in [2.45, 2.75) is 25.1 Å². The molecular formula is C20H25N5O2. The highest BCUT2D eigenvalue weighted by molar-refractivity contribution is 5.77. The van der Waals surface area contributed by atoms with E-state index in [9.17, 15) is 5.11 Å². The molecule has 3 heterocycles. The average molecular weight is 367 g/mol. The Morgan fingerprint density at radius 2 is 2.15 bits per heavy atom. The summed E-state index contributed by atoms with van der Waals surface area (Å²) in [6.45, 7) is 2.15. The van der Waals surface area contributed by atoms with E-state index in [0.717, 1.165) is 41.1 Å². The SMILES string of the molecule is CN(C)C[C@H]1C[C@@H](O)CN1c1cc(NCc2ccc3occc3c2)ncn1. The number of benzene rings is 1. The maximum absolute atomic E-state index is 10.1. The van der Waals surface area contributed by atoms with E-state index in [0.29, 0.717) is 13.1 Å². The molecule has 0 spiro atoms. The van der Waals surface area contributed by atoms with E-state index in [1.807, 2.05) is 38.4 Å². The monoisotopic (exact) mass is 367 g/mol. The molecule has 0 bridgehead atoms. The maximum atomic E-state index is 10.1. The van der Waals surface area contributed by atoms with Crippen molar-refractivity contribution in [1.82, 2.24) is 14.9 Å². The van der Waals surface area contributed by atoms with Crippen LogP contribution in [0, 0.1) is 0 Å². The normalized spacial score (nSPS) is 19.9. The van der Waals surface area contributed by atoms with Crippen LogP contribution in [-0.2, 0) is 6.54 Å². The molecule has 1 aromatic carbocycles. The molecule has 1 aliphatic rings. The third-order valence-electron chi connectivity index (χ3n) is 4.91. The second kappa shape index (κ2) is 7.54. The van der Waals surface area contributed by atoms with Crippen molar-refractivity contribution in [3.63, 3.8) is 0 Å². The summed E-state index contributed by atoms with van der Waals surface area (Å²) in [5.41, 5.74) is 2.05. The van der Waals surface area contributed by atoms with Crippen LogP contribution in [0.2, 0.25) is 0 Å². The third kappa shape index (κ3) is 4.04. The summed E-state index contributed by atoms with van der Waals surface area (Å²) < 4.78 is 5.38. The Kier molecular flexibility index (Phi) is 4.96. The molecule has 7 heteroatoms. The fourth-order valence-corrected chi connectivity index (χ4v) is 3.69. The molecule has 4 rings (SSSR count). The zero-order valence-electron chi connectivity index (χ0n) is 15.7. The zero-order chi connectivity index (χ0) is 18.8. The number of fused-ring (bicyclic) bond motifs is 1. The summed E-state index contributed by atoms with van der Waals surface area (Å²) in [7, 11) is 4.10. The Hall–Kier alpha value is -2.64. The fraction of sp³-hybridized carbons (Fsp3) is 0.400. The van der Waals surface area contributed by atoms with Gasteiger partial charge < -0.3 is 24.6 Å². The van der Waals surface area contributed by atoms with Crippen LogP contribution in [0.25, 0.3) is 11.0 Å². The number of nitrogens with zero attached hydrogens (tertiary/aromatic N) is 4. The molecule has 1 saturated heterocycles. The van der Waals surface area contributed by atoms with Crippen molar-refractivity contribution >= 4 is 22.6 Å². The number of nitrogens with one attached hydrogen (secondary N) is 1. The lowest BCUT2D eigenvalue weighted by Gasteiger charge is -2.27. The van der Waals surface area contributed by atoms with Gasteiger partial charge in [-0.2, -0.15) is 0 Å². The van der Waals surface area contributed by atoms with Gasteiger partial charge in [-0.1, -0.05) is 6.07 Å². The van der Waals surface area contributed by atoms with Gasteiger partial charge in [-0.15, -0.1) is 0 Å². The third-order valence-corrected chi connectivity index (χ3v) is 4.91. The van der Waals surface area contributed by atoms with Gasteiger partial charge in [0.2, 0.25) is 0 Å². The summed E-state index contributed by atoms with van der Waals surface area (Å²) in [5.74, 6) is 1.62. The molecule has 142 valence electrons. The predicted octanol–water partition coefficient (Wildman–Crippen LogP) is 2.34. The summed E-state index contributed by atoms with van der Waals surface area (Å²) >= 11 is 0. The van der Waals surface area contributed by atoms with Crippen molar-refractivity contribution < 1.29 is 9.52 Å². The van der Waals surface area contributed by atoms with E-state index in [4.69, 9.17) is 4.42 Å². The lowest BCUT2D eigenvalue weighted by Crippen LogP contribution is -2.38. The Labute approximate surface area is 158 Å². The minimum Gasteiger partial charge on any atom is -0.464 e. The molecule has 0 saturated carbocycles. The highest BCUT2D eigenvalue weighted by Crippen LogP contribution is 2.26. The average Bonchev–Trinajstić information content (AvgIpc) is 3.25. The highest BCUT2D eigenvalue weighted by atomic mass is 16.3. The molecule has 1 fully saturated rings. The van der Waals surface area contributed by atoms with Gasteiger partial charge in [-0.05, 0) is 44.3 Å². The first-order valence-corrected chi connectivity index (χ1v) is 9.20. The lowest BCUT2D eigenvalue weighted by atomic mass is 10.1. The smallest absolute Gasteiger partial charge is 0.134 e. The number of β-amino-alcohol motifs (C(OH)–C–C–N with tert-alkyl or cyclic N) is 1. The Morgan fingerprint density at radius 3 is 3.00 bits per heavy atom. The van der Waals surface area contributed by atoms with E-state index >= 15 is 0 Å². The van der Waals surface area contributed by atoms with Crippen LogP contribution in [0.5, 0.6) is 0 Å². The minimum absolute atomic E-state index is 0.251. The zero-order valence-corrected chi connectivity index (χ0v) is 15.7. The highest BCUT2D eigenvalue weighted by Gasteiger charge is 2.32. The molecule has 27 heavy (non-hydrogen) atoms. The van der Waals surface area contributed by atoms with Crippen molar-refractivity contribution in [3.8, 4) is 0 Å². The molecule has 2 atom stereocenters. The van der Waals surface area contributed by atoms with E-state index in [1.165, 1.54) is 0 Å². The number of aromatic nitrogens is 2. The fourth-order valence-electron chi connectivity index (χ4n) is 3.69. The van der Waals surface area contributed by atoms with Crippen molar-refractivity contribution in [3.05, 3.63) is 48.5 Å². The molecule has 7 nitrogen and oxygen atoms in total. The molecule has 0 radical (unpaired) electrons. The van der Waals surface area contributed by atoms with Gasteiger partial charge in [0.05, 0.1) is 12.4 Å². The molecule has 0 unspecified atom stereocenters. The second-order valence-corrected chi connectivity index (χ2v) is 7.37. The van der Waals surface area contributed by atoms with Crippen LogP contribution in [0.3, 0.4) is 0 Å². The van der Waals surface area contributed by atoms with E-state index in [1.54, 1.807) is 12.6 Å². The first kappa shape index (κ1) is 17.8. The van der Waals surface area contributed by atoms with Gasteiger partial charge >= 0.3 is 0 Å². The maximum Gasteiger partial charge on any atom is 0.134 e. The Bertz CT molecular complexity index is 910. The number of hydrogen-bond donors (Lipinski definition) is 2. The molecular weight excluding hydrogens is 342 g/mol. The van der Waals surface area contributed by atoms with Crippen LogP contribution in [0.4, 0.5) is 11.6 Å². The number of anilines is 2. The number of rotatable bonds is 6. The molecule has 3 aromatic rings. The van der Waals surface area contributed by atoms with Gasteiger partial charge in [-0.3, -0.25) is 0 Å². The summed E-state index contributed by atoms with van der Waals surface area (Å²) in [5, 5.41) is 14.6. The van der Waals surface area contributed by atoms with E-state index in [-0.39, 0.29) is 12.1 Å². The topological polar surface area (TPSA) is 77.7 Å². The van der Waals surface area contributed by atoms with Gasteiger partial charge in [0.25, 0.3) is 0 Å². The standard InChI is InChI=1S/C20H25N5O2/c1-24(2)11-16-8-17(26)12-25(16)20-9-19(22-13-23-20)21-10-14-3-4-18-15(7-14)5-6-27-18/h3-7,9,13,16-17,26H,8,10-12H2,1-2H3,(H,21,22,23)/t16-,17-/m1/s1. The molecule has 1 aliphatic heterocycles.